The van der Waals surface area contributed by atoms with Crippen molar-refractivity contribution in [1.29, 1.82) is 0 Å². The summed E-state index contributed by atoms with van der Waals surface area (Å²) in [5, 5.41) is 2.90. The van der Waals surface area contributed by atoms with Crippen LogP contribution in [0.2, 0.25) is 0 Å². The molecule has 1 amide bonds. The monoisotopic (exact) mass is 377 g/mol. The molecule has 0 bridgehead atoms. The summed E-state index contributed by atoms with van der Waals surface area (Å²) in [5.41, 5.74) is 2.17. The molecule has 0 spiro atoms. The van der Waals surface area contributed by atoms with Crippen molar-refractivity contribution in [3.63, 3.8) is 0 Å². The first-order chi connectivity index (χ1) is 13.8. The number of amides is 1. The molecule has 0 aliphatic rings. The number of ether oxygens (including phenoxy) is 3. The first kappa shape index (κ1) is 19.5. The molecule has 5 heteroatoms. The molecular formula is C23H23NO4. The second kappa shape index (κ2) is 10.1. The van der Waals surface area contributed by atoms with Crippen LogP contribution >= 0.6 is 0 Å². The van der Waals surface area contributed by atoms with Crippen molar-refractivity contribution in [2.45, 2.75) is 6.61 Å². The van der Waals surface area contributed by atoms with E-state index in [4.69, 9.17) is 14.2 Å². The Labute approximate surface area is 164 Å². The van der Waals surface area contributed by atoms with Crippen molar-refractivity contribution < 1.29 is 19.0 Å². The smallest absolute Gasteiger partial charge is 0.259 e. The van der Waals surface area contributed by atoms with Crippen LogP contribution in [0.5, 0.6) is 11.5 Å². The van der Waals surface area contributed by atoms with Gasteiger partial charge in [-0.2, -0.15) is 0 Å². The number of para-hydroxylation sites is 1. The number of rotatable bonds is 9. The molecule has 28 heavy (non-hydrogen) atoms. The van der Waals surface area contributed by atoms with Gasteiger partial charge in [-0.05, 0) is 29.8 Å². The van der Waals surface area contributed by atoms with Gasteiger partial charge in [0.1, 0.15) is 24.7 Å². The fourth-order valence-corrected chi connectivity index (χ4v) is 2.62. The fourth-order valence-electron chi connectivity index (χ4n) is 2.62. The minimum Gasteiger partial charge on any atom is -0.491 e. The summed E-state index contributed by atoms with van der Waals surface area (Å²) in [6.07, 6.45) is 0. The summed E-state index contributed by atoms with van der Waals surface area (Å²) >= 11 is 0. The lowest BCUT2D eigenvalue weighted by Crippen LogP contribution is -2.14. The lowest BCUT2D eigenvalue weighted by atomic mass is 10.1. The summed E-state index contributed by atoms with van der Waals surface area (Å²) in [5.74, 6) is 0.970. The Balaban J connectivity index is 1.67. The zero-order valence-electron chi connectivity index (χ0n) is 15.8. The van der Waals surface area contributed by atoms with Gasteiger partial charge in [0, 0.05) is 18.9 Å². The Morgan fingerprint density at radius 1 is 0.857 bits per heavy atom. The Morgan fingerprint density at radius 2 is 1.64 bits per heavy atom. The molecule has 0 aliphatic carbocycles. The molecule has 0 aromatic heterocycles. The molecule has 0 saturated heterocycles. The van der Waals surface area contributed by atoms with Crippen LogP contribution in [0.1, 0.15) is 15.9 Å². The van der Waals surface area contributed by atoms with E-state index >= 15 is 0 Å². The highest BCUT2D eigenvalue weighted by atomic mass is 16.5. The standard InChI is InChI=1S/C23H23NO4/c1-26-14-15-27-20-11-7-10-19(16-20)24-23(25)21-12-5-6-13-22(21)28-17-18-8-3-2-4-9-18/h2-13,16H,14-15,17H2,1H3,(H,24,25). The van der Waals surface area contributed by atoms with Crippen LogP contribution < -0.4 is 14.8 Å². The Hall–Kier alpha value is -3.31. The molecule has 0 fully saturated rings. The largest absolute Gasteiger partial charge is 0.491 e. The quantitative estimate of drug-likeness (QED) is 0.556. The van der Waals surface area contributed by atoms with E-state index in [2.05, 4.69) is 5.32 Å². The number of benzene rings is 3. The van der Waals surface area contributed by atoms with Crippen LogP contribution in [-0.2, 0) is 11.3 Å². The van der Waals surface area contributed by atoms with Crippen LogP contribution in [0, 0.1) is 0 Å². The lowest BCUT2D eigenvalue weighted by Gasteiger charge is -2.12. The van der Waals surface area contributed by atoms with Gasteiger partial charge in [-0.25, -0.2) is 0 Å². The second-order valence-electron chi connectivity index (χ2n) is 6.09. The first-order valence-corrected chi connectivity index (χ1v) is 9.05. The van der Waals surface area contributed by atoms with E-state index in [9.17, 15) is 4.79 Å². The van der Waals surface area contributed by atoms with E-state index in [1.807, 2.05) is 60.7 Å². The van der Waals surface area contributed by atoms with E-state index in [1.54, 1.807) is 25.3 Å². The minimum absolute atomic E-state index is 0.238. The second-order valence-corrected chi connectivity index (χ2v) is 6.09. The molecule has 1 N–H and O–H groups in total. The number of hydrogen-bond acceptors (Lipinski definition) is 4. The molecule has 0 saturated carbocycles. The van der Waals surface area contributed by atoms with Gasteiger partial charge in [0.2, 0.25) is 0 Å². The first-order valence-electron chi connectivity index (χ1n) is 9.05. The number of carbonyl (C=O) groups is 1. The highest BCUT2D eigenvalue weighted by molar-refractivity contribution is 6.06. The van der Waals surface area contributed by atoms with Gasteiger partial charge < -0.3 is 19.5 Å². The predicted molar refractivity (Wildman–Crippen MR) is 109 cm³/mol. The predicted octanol–water partition coefficient (Wildman–Crippen LogP) is 4.54. The van der Waals surface area contributed by atoms with Gasteiger partial charge >= 0.3 is 0 Å². The highest BCUT2D eigenvalue weighted by Crippen LogP contribution is 2.23. The third-order valence-electron chi connectivity index (χ3n) is 4.02. The number of hydrogen-bond donors (Lipinski definition) is 1. The van der Waals surface area contributed by atoms with Gasteiger partial charge in [-0.15, -0.1) is 0 Å². The zero-order valence-corrected chi connectivity index (χ0v) is 15.8. The SMILES string of the molecule is COCCOc1cccc(NC(=O)c2ccccc2OCc2ccccc2)c1. The van der Waals surface area contributed by atoms with Crippen LogP contribution in [0.3, 0.4) is 0 Å². The summed E-state index contributed by atoms with van der Waals surface area (Å²) < 4.78 is 16.4. The molecular weight excluding hydrogens is 354 g/mol. The van der Waals surface area contributed by atoms with Gasteiger partial charge in [-0.3, -0.25) is 4.79 Å². The maximum absolute atomic E-state index is 12.8. The van der Waals surface area contributed by atoms with E-state index in [-0.39, 0.29) is 5.91 Å². The molecule has 0 atom stereocenters. The summed E-state index contributed by atoms with van der Waals surface area (Å²) in [4.78, 5) is 12.8. The number of methoxy groups -OCH3 is 1. The number of carbonyl (C=O) groups excluding carboxylic acids is 1. The maximum atomic E-state index is 12.8. The Morgan fingerprint density at radius 3 is 2.46 bits per heavy atom. The molecule has 0 heterocycles. The van der Waals surface area contributed by atoms with Crippen molar-refractivity contribution >= 4 is 11.6 Å². The minimum atomic E-state index is -0.238. The van der Waals surface area contributed by atoms with Gasteiger partial charge in [-0.1, -0.05) is 48.5 Å². The van der Waals surface area contributed by atoms with Crippen molar-refractivity contribution in [1.82, 2.24) is 0 Å². The molecule has 0 unspecified atom stereocenters. The molecule has 144 valence electrons. The average Bonchev–Trinajstić information content (AvgIpc) is 2.74. The van der Waals surface area contributed by atoms with Gasteiger partial charge in [0.15, 0.2) is 0 Å². The summed E-state index contributed by atoms with van der Waals surface area (Å²) in [6, 6.07) is 24.3. The maximum Gasteiger partial charge on any atom is 0.259 e. The molecule has 3 aromatic rings. The van der Waals surface area contributed by atoms with E-state index in [1.165, 1.54) is 0 Å². The van der Waals surface area contributed by atoms with Crippen LogP contribution in [0.4, 0.5) is 5.69 Å². The average molecular weight is 377 g/mol. The van der Waals surface area contributed by atoms with Crippen LogP contribution in [0.15, 0.2) is 78.9 Å². The lowest BCUT2D eigenvalue weighted by molar-refractivity contribution is 0.102. The Bertz CT molecular complexity index is 896. The molecule has 0 radical (unpaired) electrons. The van der Waals surface area contributed by atoms with E-state index in [0.717, 1.165) is 5.56 Å². The van der Waals surface area contributed by atoms with Gasteiger partial charge in [0.25, 0.3) is 5.91 Å². The fraction of sp³-hybridized carbons (Fsp3) is 0.174. The topological polar surface area (TPSA) is 56.8 Å². The normalized spacial score (nSPS) is 10.3. The molecule has 0 aliphatic heterocycles. The van der Waals surface area contributed by atoms with Crippen molar-refractivity contribution in [2.24, 2.45) is 0 Å². The number of anilines is 1. The van der Waals surface area contributed by atoms with Crippen LogP contribution in [-0.4, -0.2) is 26.2 Å². The highest BCUT2D eigenvalue weighted by Gasteiger charge is 2.13. The molecule has 3 aromatic carbocycles. The van der Waals surface area contributed by atoms with Crippen LogP contribution in [0.25, 0.3) is 0 Å². The third-order valence-corrected chi connectivity index (χ3v) is 4.02. The molecule has 3 rings (SSSR count). The summed E-state index contributed by atoms with van der Waals surface area (Å²) in [7, 11) is 1.62. The summed E-state index contributed by atoms with van der Waals surface area (Å²) in [6.45, 7) is 1.35. The van der Waals surface area contributed by atoms with Crippen molar-refractivity contribution in [3.05, 3.63) is 90.0 Å². The van der Waals surface area contributed by atoms with Gasteiger partial charge in [0.05, 0.1) is 12.2 Å². The zero-order chi connectivity index (χ0) is 19.6. The van der Waals surface area contributed by atoms with Crippen molar-refractivity contribution in [2.75, 3.05) is 25.6 Å². The van der Waals surface area contributed by atoms with Crippen molar-refractivity contribution in [3.8, 4) is 11.5 Å². The molecule has 5 nitrogen and oxygen atoms in total. The van der Waals surface area contributed by atoms with E-state index < -0.39 is 0 Å². The Kier molecular flexibility index (Phi) is 7.04. The van der Waals surface area contributed by atoms with E-state index in [0.29, 0.717) is 42.6 Å². The number of nitrogens with one attached hydrogen (secondary N) is 1. The third kappa shape index (κ3) is 5.59.